The molecule has 0 fully saturated rings. The number of aryl methyl sites for hydroxylation is 1. The van der Waals surface area contributed by atoms with E-state index in [0.29, 0.717) is 5.56 Å². The maximum atomic E-state index is 12.7. The number of carbonyl (C=O) groups excluding carboxylic acids is 1. The van der Waals surface area contributed by atoms with Crippen molar-refractivity contribution >= 4 is 44.7 Å². The van der Waals surface area contributed by atoms with Gasteiger partial charge in [0, 0.05) is 43.1 Å². The molecular formula is C22H20N2O2S. The molecule has 0 radical (unpaired) electrons. The van der Waals surface area contributed by atoms with E-state index in [2.05, 4.69) is 23.6 Å². The van der Waals surface area contributed by atoms with Crippen molar-refractivity contribution in [1.29, 1.82) is 0 Å². The van der Waals surface area contributed by atoms with E-state index in [-0.39, 0.29) is 22.7 Å². The molecule has 1 aliphatic rings. The Labute approximate surface area is 162 Å². The fraction of sp³-hybridized carbons (Fsp3) is 0.182. The van der Waals surface area contributed by atoms with Gasteiger partial charge in [0.15, 0.2) is 5.78 Å². The molecule has 0 aliphatic heterocycles. The van der Waals surface area contributed by atoms with Gasteiger partial charge in [0.25, 0.3) is 5.01 Å². The van der Waals surface area contributed by atoms with Gasteiger partial charge in [-0.15, -0.1) is 0 Å². The van der Waals surface area contributed by atoms with E-state index in [4.69, 9.17) is 0 Å². The van der Waals surface area contributed by atoms with Crippen LogP contribution in [0.1, 0.15) is 17.5 Å². The molecule has 27 heavy (non-hydrogen) atoms. The lowest BCUT2D eigenvalue weighted by atomic mass is 9.83. The van der Waals surface area contributed by atoms with Crippen molar-refractivity contribution in [3.8, 4) is 0 Å². The van der Waals surface area contributed by atoms with Crippen LogP contribution >= 0.6 is 11.3 Å². The molecule has 1 aromatic heterocycles. The molecule has 0 atom stereocenters. The highest BCUT2D eigenvalue weighted by atomic mass is 32.1. The van der Waals surface area contributed by atoms with Crippen molar-refractivity contribution in [3.05, 3.63) is 70.4 Å². The van der Waals surface area contributed by atoms with Crippen LogP contribution in [0.3, 0.4) is 0 Å². The van der Waals surface area contributed by atoms with E-state index in [9.17, 15) is 9.90 Å². The smallest absolute Gasteiger partial charge is 0.263 e. The average Bonchev–Trinajstić information content (AvgIpc) is 3.04. The SMILES string of the molecule is CC[n+]1c(C=C2C(=O)C(c3ccc(N(C)C)cc3)=C2[O-])sc2ccccc21. The van der Waals surface area contributed by atoms with Gasteiger partial charge in [-0.3, -0.25) is 4.79 Å². The van der Waals surface area contributed by atoms with Crippen LogP contribution in [0.2, 0.25) is 0 Å². The van der Waals surface area contributed by atoms with Gasteiger partial charge >= 0.3 is 0 Å². The number of hydrogen-bond donors (Lipinski definition) is 0. The lowest BCUT2D eigenvalue weighted by Crippen LogP contribution is -2.35. The zero-order chi connectivity index (χ0) is 19.1. The molecule has 0 saturated heterocycles. The number of benzene rings is 2. The van der Waals surface area contributed by atoms with Gasteiger partial charge in [-0.1, -0.05) is 41.4 Å². The summed E-state index contributed by atoms with van der Waals surface area (Å²) in [5, 5.41) is 13.6. The summed E-state index contributed by atoms with van der Waals surface area (Å²) in [6.45, 7) is 2.85. The van der Waals surface area contributed by atoms with Crippen molar-refractivity contribution in [3.63, 3.8) is 0 Å². The van der Waals surface area contributed by atoms with Crippen LogP contribution in [0.15, 0.2) is 59.9 Å². The number of hydrogen-bond acceptors (Lipinski definition) is 4. The number of fused-ring (bicyclic) bond motifs is 1. The van der Waals surface area contributed by atoms with Gasteiger partial charge in [-0.2, -0.15) is 4.57 Å². The van der Waals surface area contributed by atoms with Crippen molar-refractivity contribution in [2.24, 2.45) is 0 Å². The van der Waals surface area contributed by atoms with E-state index in [0.717, 1.165) is 27.5 Å². The first-order chi connectivity index (χ1) is 13.0. The minimum Gasteiger partial charge on any atom is -0.871 e. The van der Waals surface area contributed by atoms with Gasteiger partial charge in [0.05, 0.1) is 0 Å². The Morgan fingerprint density at radius 3 is 2.44 bits per heavy atom. The van der Waals surface area contributed by atoms with Crippen molar-refractivity contribution in [1.82, 2.24) is 0 Å². The van der Waals surface area contributed by atoms with Crippen LogP contribution in [-0.2, 0) is 11.3 Å². The number of anilines is 1. The second-order valence-electron chi connectivity index (χ2n) is 6.68. The first-order valence-electron chi connectivity index (χ1n) is 8.88. The number of nitrogens with zero attached hydrogens (tertiary/aromatic N) is 2. The molecule has 0 amide bonds. The number of thiazole rings is 1. The summed E-state index contributed by atoms with van der Waals surface area (Å²) >= 11 is 1.60. The van der Waals surface area contributed by atoms with Crippen LogP contribution in [0.25, 0.3) is 21.9 Å². The minimum atomic E-state index is -0.169. The summed E-state index contributed by atoms with van der Waals surface area (Å²) in [4.78, 5) is 14.7. The molecule has 0 spiro atoms. The van der Waals surface area contributed by atoms with Gasteiger partial charge in [-0.25, -0.2) is 0 Å². The van der Waals surface area contributed by atoms with E-state index in [1.807, 2.05) is 55.4 Å². The number of carbonyl (C=O) groups is 1. The van der Waals surface area contributed by atoms with Crippen LogP contribution in [0.5, 0.6) is 0 Å². The van der Waals surface area contributed by atoms with Crippen LogP contribution in [0, 0.1) is 0 Å². The number of para-hydroxylation sites is 1. The van der Waals surface area contributed by atoms with Crippen molar-refractivity contribution in [2.75, 3.05) is 19.0 Å². The third-order valence-electron chi connectivity index (χ3n) is 4.84. The maximum Gasteiger partial charge on any atom is 0.263 e. The van der Waals surface area contributed by atoms with E-state index < -0.39 is 0 Å². The van der Waals surface area contributed by atoms with Gasteiger partial charge in [0.2, 0.25) is 5.52 Å². The van der Waals surface area contributed by atoms with Crippen LogP contribution in [-0.4, -0.2) is 19.9 Å². The fourth-order valence-electron chi connectivity index (χ4n) is 3.34. The number of ketones is 1. The van der Waals surface area contributed by atoms with Gasteiger partial charge < -0.3 is 10.0 Å². The fourth-order valence-corrected chi connectivity index (χ4v) is 4.51. The predicted octanol–water partition coefficient (Wildman–Crippen LogP) is 3.01. The molecule has 0 saturated carbocycles. The molecule has 0 N–H and O–H groups in total. The summed E-state index contributed by atoms with van der Waals surface area (Å²) < 4.78 is 3.28. The average molecular weight is 376 g/mol. The molecule has 2 aromatic carbocycles. The highest BCUT2D eigenvalue weighted by Crippen LogP contribution is 2.36. The van der Waals surface area contributed by atoms with Crippen LogP contribution in [0.4, 0.5) is 5.69 Å². The second kappa shape index (κ2) is 6.67. The first-order valence-corrected chi connectivity index (χ1v) is 9.70. The van der Waals surface area contributed by atoms with E-state index >= 15 is 0 Å². The zero-order valence-corrected chi connectivity index (χ0v) is 16.3. The topological polar surface area (TPSA) is 47.2 Å². The summed E-state index contributed by atoms with van der Waals surface area (Å²) in [5.41, 5.74) is 3.40. The highest BCUT2D eigenvalue weighted by Gasteiger charge is 2.30. The second-order valence-corrected chi connectivity index (χ2v) is 7.75. The lowest BCUT2D eigenvalue weighted by Gasteiger charge is -2.30. The Balaban J connectivity index is 1.73. The molecule has 1 aliphatic carbocycles. The molecule has 4 nitrogen and oxygen atoms in total. The molecule has 3 aromatic rings. The molecule has 0 bridgehead atoms. The van der Waals surface area contributed by atoms with Crippen LogP contribution < -0.4 is 14.6 Å². The first kappa shape index (κ1) is 17.5. The molecule has 5 heteroatoms. The quantitative estimate of drug-likeness (QED) is 0.519. The summed E-state index contributed by atoms with van der Waals surface area (Å²) in [7, 11) is 3.91. The van der Waals surface area contributed by atoms with E-state index in [1.165, 1.54) is 0 Å². The van der Waals surface area contributed by atoms with Gasteiger partial charge in [0.1, 0.15) is 11.2 Å². The molecule has 0 unspecified atom stereocenters. The molecule has 4 rings (SSSR count). The van der Waals surface area contributed by atoms with Crippen molar-refractivity contribution < 1.29 is 14.5 Å². The molecular weight excluding hydrogens is 356 g/mol. The molecule has 1 heterocycles. The molecule has 136 valence electrons. The lowest BCUT2D eigenvalue weighted by molar-refractivity contribution is -0.665. The Hall–Kier alpha value is -2.92. The Morgan fingerprint density at radius 1 is 1.11 bits per heavy atom. The Kier molecular flexibility index (Phi) is 4.32. The summed E-state index contributed by atoms with van der Waals surface area (Å²) in [6.07, 6.45) is 1.75. The largest absolute Gasteiger partial charge is 0.871 e. The van der Waals surface area contributed by atoms with Gasteiger partial charge in [-0.05, 0) is 30.7 Å². The summed E-state index contributed by atoms with van der Waals surface area (Å²) in [6, 6.07) is 15.6. The van der Waals surface area contributed by atoms with Crippen molar-refractivity contribution in [2.45, 2.75) is 13.5 Å². The summed E-state index contributed by atoms with van der Waals surface area (Å²) in [5.74, 6) is -0.338. The monoisotopic (exact) mass is 376 g/mol. The van der Waals surface area contributed by atoms with E-state index in [1.54, 1.807) is 17.4 Å². The Morgan fingerprint density at radius 2 is 1.81 bits per heavy atom. The third kappa shape index (κ3) is 2.84. The normalized spacial score (nSPS) is 15.5. The number of Topliss-reactive ketones (excluding diaryl/α,β-unsaturated/α-hetero) is 1. The maximum absolute atomic E-state index is 12.7. The number of allylic oxidation sites excluding steroid dienone is 2. The predicted molar refractivity (Wildman–Crippen MR) is 108 cm³/mol. The third-order valence-corrected chi connectivity index (χ3v) is 5.95. The minimum absolute atomic E-state index is 0.169. The number of aromatic nitrogens is 1. The number of rotatable bonds is 4. The standard InChI is InChI=1S/C22H20N2O2S/c1-4-24-17-7-5-6-8-18(17)27-19(24)13-16-21(25)20(22(16)26)14-9-11-15(12-10-14)23(2)3/h5-13H,4H2,1-3H3. The highest BCUT2D eigenvalue weighted by molar-refractivity contribution is 7.18. The Bertz CT molecular complexity index is 1110. The zero-order valence-electron chi connectivity index (χ0n) is 15.5.